The van der Waals surface area contributed by atoms with Crippen molar-refractivity contribution in [2.75, 3.05) is 12.4 Å². The Hall–Kier alpha value is -1.88. The summed E-state index contributed by atoms with van der Waals surface area (Å²) in [6.45, 7) is 5.37. The van der Waals surface area contributed by atoms with E-state index in [4.69, 9.17) is 5.73 Å². The molecule has 0 bridgehead atoms. The Balaban J connectivity index is 2.97. The van der Waals surface area contributed by atoms with Crippen LogP contribution in [0.1, 0.15) is 29.8 Å². The molecule has 0 heterocycles. The quantitative estimate of drug-likeness (QED) is 0.765. The van der Waals surface area contributed by atoms with E-state index < -0.39 is 0 Å². The summed E-state index contributed by atoms with van der Waals surface area (Å²) in [6, 6.07) is 5.01. The van der Waals surface area contributed by atoms with Crippen molar-refractivity contribution in [2.24, 2.45) is 11.7 Å². The molecule has 0 aliphatic rings. The molecule has 5 nitrogen and oxygen atoms in total. The van der Waals surface area contributed by atoms with Crippen LogP contribution in [-0.4, -0.2) is 24.9 Å². The second kappa shape index (κ2) is 6.33. The maximum Gasteiger partial charge on any atom is 0.251 e. The molecule has 0 aliphatic heterocycles. The number of hydrogen-bond donors (Lipinski definition) is 3. The largest absolute Gasteiger partial charge is 0.355 e. The fraction of sp³-hybridized carbons (Fsp3) is 0.429. The summed E-state index contributed by atoms with van der Waals surface area (Å²) < 4.78 is 0. The van der Waals surface area contributed by atoms with E-state index in [-0.39, 0.29) is 23.8 Å². The van der Waals surface area contributed by atoms with Crippen LogP contribution in [0.15, 0.2) is 18.2 Å². The number of nitrogens with one attached hydrogen (secondary N) is 2. The minimum Gasteiger partial charge on any atom is -0.355 e. The van der Waals surface area contributed by atoms with Crippen LogP contribution in [0.3, 0.4) is 0 Å². The van der Waals surface area contributed by atoms with E-state index in [2.05, 4.69) is 10.6 Å². The van der Waals surface area contributed by atoms with Crippen molar-refractivity contribution in [1.29, 1.82) is 0 Å². The number of carbonyl (C=O) groups excluding carboxylic acids is 2. The van der Waals surface area contributed by atoms with Gasteiger partial charge < -0.3 is 16.4 Å². The van der Waals surface area contributed by atoms with Crippen molar-refractivity contribution in [3.63, 3.8) is 0 Å². The van der Waals surface area contributed by atoms with Gasteiger partial charge >= 0.3 is 0 Å². The standard InChI is InChI=1S/C14H21N3O2/c1-8(10(3)15)13(18)17-12-7-5-6-11(9(12)2)14(19)16-4/h5-8,10H,15H2,1-4H3,(H,16,19)(H,17,18). The number of hydrogen-bond acceptors (Lipinski definition) is 3. The number of rotatable bonds is 4. The van der Waals surface area contributed by atoms with E-state index in [9.17, 15) is 9.59 Å². The highest BCUT2D eigenvalue weighted by atomic mass is 16.2. The molecule has 0 aliphatic carbocycles. The highest BCUT2D eigenvalue weighted by molar-refractivity contribution is 5.99. The summed E-state index contributed by atoms with van der Waals surface area (Å²) in [4.78, 5) is 23.6. The predicted octanol–water partition coefficient (Wildman–Crippen LogP) is 1.28. The van der Waals surface area contributed by atoms with Crippen molar-refractivity contribution in [2.45, 2.75) is 26.8 Å². The van der Waals surface area contributed by atoms with Gasteiger partial charge in [0.05, 0.1) is 5.92 Å². The Morgan fingerprint density at radius 3 is 2.42 bits per heavy atom. The van der Waals surface area contributed by atoms with Gasteiger partial charge in [-0.05, 0) is 31.5 Å². The first-order valence-electron chi connectivity index (χ1n) is 6.26. The van der Waals surface area contributed by atoms with Gasteiger partial charge in [0, 0.05) is 24.3 Å². The number of benzene rings is 1. The molecule has 5 heteroatoms. The van der Waals surface area contributed by atoms with Gasteiger partial charge in [-0.2, -0.15) is 0 Å². The van der Waals surface area contributed by atoms with Crippen molar-refractivity contribution >= 4 is 17.5 Å². The van der Waals surface area contributed by atoms with Crippen molar-refractivity contribution < 1.29 is 9.59 Å². The molecule has 0 spiro atoms. The lowest BCUT2D eigenvalue weighted by atomic mass is 10.0. The van der Waals surface area contributed by atoms with Crippen molar-refractivity contribution in [3.05, 3.63) is 29.3 Å². The molecule has 0 fully saturated rings. The average Bonchev–Trinajstić information content (AvgIpc) is 2.39. The van der Waals surface area contributed by atoms with E-state index in [1.807, 2.05) is 0 Å². The Morgan fingerprint density at radius 2 is 1.89 bits per heavy atom. The van der Waals surface area contributed by atoms with Gasteiger partial charge in [-0.25, -0.2) is 0 Å². The summed E-state index contributed by atoms with van der Waals surface area (Å²) in [5, 5.41) is 5.38. The lowest BCUT2D eigenvalue weighted by molar-refractivity contribution is -0.119. The number of carbonyl (C=O) groups is 2. The molecular weight excluding hydrogens is 242 g/mol. The molecule has 104 valence electrons. The molecule has 4 N–H and O–H groups in total. The summed E-state index contributed by atoms with van der Waals surface area (Å²) in [5.41, 5.74) is 7.63. The Bertz CT molecular complexity index is 484. The lowest BCUT2D eigenvalue weighted by Crippen LogP contribution is -2.34. The monoisotopic (exact) mass is 263 g/mol. The molecule has 19 heavy (non-hydrogen) atoms. The summed E-state index contributed by atoms with van der Waals surface area (Å²) in [5.74, 6) is -0.607. The summed E-state index contributed by atoms with van der Waals surface area (Å²) in [6.07, 6.45) is 0. The second-order valence-corrected chi connectivity index (χ2v) is 4.69. The van der Waals surface area contributed by atoms with Gasteiger partial charge in [-0.1, -0.05) is 13.0 Å². The van der Waals surface area contributed by atoms with Crippen molar-refractivity contribution in [3.8, 4) is 0 Å². The van der Waals surface area contributed by atoms with Crippen molar-refractivity contribution in [1.82, 2.24) is 5.32 Å². The molecular formula is C14H21N3O2. The average molecular weight is 263 g/mol. The molecule has 2 amide bonds. The summed E-state index contributed by atoms with van der Waals surface area (Å²) in [7, 11) is 1.57. The molecule has 0 radical (unpaired) electrons. The lowest BCUT2D eigenvalue weighted by Gasteiger charge is -2.17. The summed E-state index contributed by atoms with van der Waals surface area (Å²) >= 11 is 0. The van der Waals surface area contributed by atoms with Crippen LogP contribution in [0.25, 0.3) is 0 Å². The topological polar surface area (TPSA) is 84.2 Å². The molecule has 0 saturated heterocycles. The third-order valence-electron chi connectivity index (χ3n) is 3.27. The van der Waals surface area contributed by atoms with Gasteiger partial charge in [-0.15, -0.1) is 0 Å². The normalized spacial score (nSPS) is 13.5. The van der Waals surface area contributed by atoms with Crippen LogP contribution in [0, 0.1) is 12.8 Å². The first kappa shape index (κ1) is 15.2. The van der Waals surface area contributed by atoms with Gasteiger partial charge in [0.15, 0.2) is 0 Å². The number of nitrogens with two attached hydrogens (primary N) is 1. The van der Waals surface area contributed by atoms with Crippen LogP contribution in [0.2, 0.25) is 0 Å². The highest BCUT2D eigenvalue weighted by Crippen LogP contribution is 2.20. The first-order chi connectivity index (χ1) is 8.88. The minimum absolute atomic E-state index is 0.146. The molecule has 2 unspecified atom stereocenters. The fourth-order valence-electron chi connectivity index (χ4n) is 1.64. The molecule has 0 aromatic heterocycles. The van der Waals surface area contributed by atoms with Crippen LogP contribution >= 0.6 is 0 Å². The Labute approximate surface area is 113 Å². The molecule has 2 atom stereocenters. The first-order valence-corrected chi connectivity index (χ1v) is 6.26. The van der Waals surface area contributed by atoms with E-state index in [1.165, 1.54) is 0 Å². The number of anilines is 1. The predicted molar refractivity (Wildman–Crippen MR) is 76.0 cm³/mol. The van der Waals surface area contributed by atoms with Gasteiger partial charge in [0.1, 0.15) is 0 Å². The van der Waals surface area contributed by atoms with Crippen LogP contribution in [-0.2, 0) is 4.79 Å². The third-order valence-corrected chi connectivity index (χ3v) is 3.27. The maximum atomic E-state index is 12.0. The van der Waals surface area contributed by atoms with E-state index in [0.717, 1.165) is 5.56 Å². The zero-order chi connectivity index (χ0) is 14.6. The smallest absolute Gasteiger partial charge is 0.251 e. The van der Waals surface area contributed by atoms with E-state index in [1.54, 1.807) is 46.0 Å². The van der Waals surface area contributed by atoms with Crippen LogP contribution in [0.4, 0.5) is 5.69 Å². The minimum atomic E-state index is -0.289. The van der Waals surface area contributed by atoms with E-state index >= 15 is 0 Å². The molecule has 1 rings (SSSR count). The van der Waals surface area contributed by atoms with Gasteiger partial charge in [0.25, 0.3) is 5.91 Å². The van der Waals surface area contributed by atoms with Gasteiger partial charge in [0.2, 0.25) is 5.91 Å². The molecule has 1 aromatic rings. The Morgan fingerprint density at radius 1 is 1.26 bits per heavy atom. The van der Waals surface area contributed by atoms with E-state index in [0.29, 0.717) is 11.3 Å². The highest BCUT2D eigenvalue weighted by Gasteiger charge is 2.18. The number of amides is 2. The fourth-order valence-corrected chi connectivity index (χ4v) is 1.64. The maximum absolute atomic E-state index is 12.0. The van der Waals surface area contributed by atoms with Crippen LogP contribution < -0.4 is 16.4 Å². The zero-order valence-corrected chi connectivity index (χ0v) is 11.8. The SMILES string of the molecule is CNC(=O)c1cccc(NC(=O)C(C)C(C)N)c1C. The third kappa shape index (κ3) is 3.54. The molecule has 0 saturated carbocycles. The van der Waals surface area contributed by atoms with Gasteiger partial charge in [-0.3, -0.25) is 9.59 Å². The Kier molecular flexibility index (Phi) is 5.06. The second-order valence-electron chi connectivity index (χ2n) is 4.69. The zero-order valence-electron chi connectivity index (χ0n) is 11.8. The van der Waals surface area contributed by atoms with Crippen LogP contribution in [0.5, 0.6) is 0 Å². The molecule has 1 aromatic carbocycles.